The van der Waals surface area contributed by atoms with Gasteiger partial charge in [0.1, 0.15) is 0 Å². The molecule has 2 atom stereocenters. The van der Waals surface area contributed by atoms with Crippen LogP contribution in [0.3, 0.4) is 0 Å². The molecule has 5 nitrogen and oxygen atoms in total. The lowest BCUT2D eigenvalue weighted by molar-refractivity contribution is 0.0174. The van der Waals surface area contributed by atoms with Crippen molar-refractivity contribution in [1.82, 2.24) is 0 Å². The maximum Gasteiger partial charge on any atom is 0.0826 e. The summed E-state index contributed by atoms with van der Waals surface area (Å²) in [5.74, 6) is 0. The molecule has 0 aliphatic heterocycles. The van der Waals surface area contributed by atoms with E-state index in [4.69, 9.17) is 17.2 Å². The SMILES string of the molecule is C=CC1(O)CCC(C#N)(C[C@H](N)/C=C\C(N)CN)CC1. The molecule has 0 spiro atoms. The van der Waals surface area contributed by atoms with Gasteiger partial charge in [-0.25, -0.2) is 0 Å². The van der Waals surface area contributed by atoms with Crippen LogP contribution in [0, 0.1) is 16.7 Å². The van der Waals surface area contributed by atoms with Gasteiger partial charge in [0.2, 0.25) is 0 Å². The molecule has 0 aromatic carbocycles. The molecule has 1 aliphatic rings. The van der Waals surface area contributed by atoms with Crippen LogP contribution in [0.5, 0.6) is 0 Å². The second-order valence-electron chi connectivity index (χ2n) is 5.85. The molecule has 112 valence electrons. The average molecular weight is 278 g/mol. The first kappa shape index (κ1) is 16.9. The van der Waals surface area contributed by atoms with Gasteiger partial charge in [-0.3, -0.25) is 0 Å². The Balaban J connectivity index is 2.62. The number of nitrogens with two attached hydrogens (primary N) is 3. The van der Waals surface area contributed by atoms with Gasteiger partial charge in [-0.15, -0.1) is 6.58 Å². The number of nitriles is 1. The van der Waals surface area contributed by atoms with Crippen LogP contribution in [0.2, 0.25) is 0 Å². The molecule has 1 rings (SSSR count). The number of hydrogen-bond acceptors (Lipinski definition) is 5. The molecule has 1 aliphatic carbocycles. The summed E-state index contributed by atoms with van der Waals surface area (Å²) in [5, 5.41) is 19.6. The van der Waals surface area contributed by atoms with Crippen LogP contribution in [0.15, 0.2) is 24.8 Å². The van der Waals surface area contributed by atoms with Gasteiger partial charge < -0.3 is 22.3 Å². The van der Waals surface area contributed by atoms with Crippen molar-refractivity contribution in [3.63, 3.8) is 0 Å². The van der Waals surface area contributed by atoms with E-state index >= 15 is 0 Å². The Morgan fingerprint density at radius 1 is 1.20 bits per heavy atom. The van der Waals surface area contributed by atoms with E-state index in [0.717, 1.165) is 0 Å². The van der Waals surface area contributed by atoms with E-state index in [1.807, 2.05) is 6.08 Å². The molecule has 0 aromatic heterocycles. The molecular formula is C15H26N4O. The van der Waals surface area contributed by atoms with Crippen molar-refractivity contribution in [2.75, 3.05) is 6.54 Å². The molecule has 20 heavy (non-hydrogen) atoms. The minimum absolute atomic E-state index is 0.198. The molecule has 1 unspecified atom stereocenters. The predicted molar refractivity (Wildman–Crippen MR) is 80.4 cm³/mol. The summed E-state index contributed by atoms with van der Waals surface area (Å²) in [6, 6.07) is 1.98. The third-order valence-electron chi connectivity index (χ3n) is 4.19. The Kier molecular flexibility index (Phi) is 5.90. The smallest absolute Gasteiger partial charge is 0.0826 e. The number of rotatable bonds is 6. The molecule has 0 radical (unpaired) electrons. The Hall–Kier alpha value is -1.19. The van der Waals surface area contributed by atoms with Crippen LogP contribution >= 0.6 is 0 Å². The maximum atomic E-state index is 10.1. The van der Waals surface area contributed by atoms with Crippen LogP contribution in [0.25, 0.3) is 0 Å². The van der Waals surface area contributed by atoms with Crippen LogP contribution in [-0.4, -0.2) is 29.3 Å². The first-order chi connectivity index (χ1) is 9.38. The van der Waals surface area contributed by atoms with Crippen LogP contribution in [0.1, 0.15) is 32.1 Å². The number of nitrogens with zero attached hydrogens (tertiary/aromatic N) is 1. The van der Waals surface area contributed by atoms with Gasteiger partial charge in [-0.2, -0.15) is 5.26 Å². The topological polar surface area (TPSA) is 122 Å². The van der Waals surface area contributed by atoms with E-state index in [-0.39, 0.29) is 12.1 Å². The lowest BCUT2D eigenvalue weighted by Gasteiger charge is -2.39. The zero-order chi connectivity index (χ0) is 15.2. The molecule has 1 saturated carbocycles. The Bertz CT molecular complexity index is 391. The lowest BCUT2D eigenvalue weighted by Crippen LogP contribution is -2.39. The van der Waals surface area contributed by atoms with Crippen molar-refractivity contribution in [1.29, 1.82) is 5.26 Å². The largest absolute Gasteiger partial charge is 0.386 e. The van der Waals surface area contributed by atoms with Crippen molar-refractivity contribution in [3.05, 3.63) is 24.8 Å². The summed E-state index contributed by atoms with van der Waals surface area (Å²) < 4.78 is 0. The fourth-order valence-electron chi connectivity index (χ4n) is 2.61. The lowest BCUT2D eigenvalue weighted by atomic mass is 9.67. The Morgan fingerprint density at radius 3 is 2.20 bits per heavy atom. The van der Waals surface area contributed by atoms with E-state index < -0.39 is 11.0 Å². The van der Waals surface area contributed by atoms with E-state index in [1.54, 1.807) is 12.2 Å². The van der Waals surface area contributed by atoms with Gasteiger partial charge >= 0.3 is 0 Å². The van der Waals surface area contributed by atoms with Gasteiger partial charge in [0.15, 0.2) is 0 Å². The van der Waals surface area contributed by atoms with E-state index in [1.165, 1.54) is 0 Å². The first-order valence-corrected chi connectivity index (χ1v) is 7.05. The Labute approximate surface area is 121 Å². The fourth-order valence-corrected chi connectivity index (χ4v) is 2.61. The molecule has 5 heteroatoms. The normalized spacial score (nSPS) is 33.5. The minimum Gasteiger partial charge on any atom is -0.386 e. The molecule has 0 aromatic rings. The van der Waals surface area contributed by atoms with Crippen molar-refractivity contribution in [2.45, 2.75) is 49.8 Å². The highest BCUT2D eigenvalue weighted by Crippen LogP contribution is 2.43. The standard InChI is InChI=1S/C15H26N4O/c1-2-15(20)7-5-14(11-17,6-8-15)9-12(18)3-4-13(19)10-16/h2-4,12-13,20H,1,5-10,16,18-19H2/b4-3-/t12-,13?,14?,15?/m1/s1. The van der Waals surface area contributed by atoms with Gasteiger partial charge in [0.05, 0.1) is 17.1 Å². The summed E-state index contributed by atoms with van der Waals surface area (Å²) in [6.07, 6.45) is 8.15. The fraction of sp³-hybridized carbons (Fsp3) is 0.667. The second kappa shape index (κ2) is 7.00. The monoisotopic (exact) mass is 278 g/mol. The van der Waals surface area contributed by atoms with Gasteiger partial charge in [0, 0.05) is 18.6 Å². The van der Waals surface area contributed by atoms with Crippen LogP contribution in [0.4, 0.5) is 0 Å². The molecule has 0 amide bonds. The summed E-state index contributed by atoms with van der Waals surface area (Å²) >= 11 is 0. The molecule has 0 heterocycles. The highest BCUT2D eigenvalue weighted by Gasteiger charge is 2.41. The van der Waals surface area contributed by atoms with Crippen molar-refractivity contribution < 1.29 is 5.11 Å². The molecule has 1 fully saturated rings. The van der Waals surface area contributed by atoms with Crippen molar-refractivity contribution in [2.24, 2.45) is 22.6 Å². The summed E-state index contributed by atoms with van der Waals surface area (Å²) in [6.45, 7) is 4.03. The van der Waals surface area contributed by atoms with E-state index in [2.05, 4.69) is 12.6 Å². The third-order valence-corrected chi connectivity index (χ3v) is 4.19. The quantitative estimate of drug-likeness (QED) is 0.528. The second-order valence-corrected chi connectivity index (χ2v) is 5.85. The number of hydrogen-bond donors (Lipinski definition) is 4. The zero-order valence-electron chi connectivity index (χ0n) is 12.0. The zero-order valence-corrected chi connectivity index (χ0v) is 12.0. The summed E-state index contributed by atoms with van der Waals surface area (Å²) in [5.41, 5.74) is 15.9. The average Bonchev–Trinajstić information content (AvgIpc) is 2.47. The maximum absolute atomic E-state index is 10.1. The van der Waals surface area contributed by atoms with E-state index in [9.17, 15) is 10.4 Å². The highest BCUT2D eigenvalue weighted by atomic mass is 16.3. The Morgan fingerprint density at radius 2 is 1.75 bits per heavy atom. The first-order valence-electron chi connectivity index (χ1n) is 7.05. The highest BCUT2D eigenvalue weighted by molar-refractivity contribution is 5.11. The molecule has 0 bridgehead atoms. The molecular weight excluding hydrogens is 252 g/mol. The van der Waals surface area contributed by atoms with Gasteiger partial charge in [-0.05, 0) is 32.1 Å². The molecule has 0 saturated heterocycles. The van der Waals surface area contributed by atoms with Crippen molar-refractivity contribution >= 4 is 0 Å². The van der Waals surface area contributed by atoms with E-state index in [0.29, 0.717) is 38.6 Å². The van der Waals surface area contributed by atoms with Crippen molar-refractivity contribution in [3.8, 4) is 6.07 Å². The summed E-state index contributed by atoms with van der Waals surface area (Å²) in [7, 11) is 0. The number of aliphatic hydroxyl groups is 1. The predicted octanol–water partition coefficient (Wildman–Crippen LogP) is 0.547. The minimum atomic E-state index is -0.831. The molecule has 7 N–H and O–H groups in total. The van der Waals surface area contributed by atoms with Gasteiger partial charge in [-0.1, -0.05) is 18.2 Å². The summed E-state index contributed by atoms with van der Waals surface area (Å²) in [4.78, 5) is 0. The van der Waals surface area contributed by atoms with Gasteiger partial charge in [0.25, 0.3) is 0 Å². The van der Waals surface area contributed by atoms with Crippen LogP contribution < -0.4 is 17.2 Å². The third kappa shape index (κ3) is 4.43. The van der Waals surface area contributed by atoms with Crippen LogP contribution in [-0.2, 0) is 0 Å².